The summed E-state index contributed by atoms with van der Waals surface area (Å²) in [4.78, 5) is 23.0. The molecule has 1 N–H and O–H groups in total. The van der Waals surface area contributed by atoms with Gasteiger partial charge in [-0.25, -0.2) is 0 Å². The first-order chi connectivity index (χ1) is 7.99. The molecule has 0 atom stereocenters. The highest BCUT2D eigenvalue weighted by molar-refractivity contribution is 5.97. The largest absolute Gasteiger partial charge is 0.295 e. The summed E-state index contributed by atoms with van der Waals surface area (Å²) in [6, 6.07) is 5.18. The number of aromatic amines is 1. The highest BCUT2D eigenvalue weighted by Crippen LogP contribution is 2.14. The van der Waals surface area contributed by atoms with E-state index in [1.165, 1.54) is 6.92 Å². The molecule has 90 valence electrons. The van der Waals surface area contributed by atoms with Crippen molar-refractivity contribution in [3.63, 3.8) is 0 Å². The zero-order valence-corrected chi connectivity index (χ0v) is 10.3. The van der Waals surface area contributed by atoms with Crippen molar-refractivity contribution >= 4 is 16.7 Å². The average Bonchev–Trinajstić information content (AvgIpc) is 2.54. The molecule has 17 heavy (non-hydrogen) atoms. The third-order valence-corrected chi connectivity index (χ3v) is 2.72. The molecule has 1 aromatic carbocycles. The number of hydrogen-bond donors (Lipinski definition) is 1. The molecule has 1 aromatic heterocycles. The summed E-state index contributed by atoms with van der Waals surface area (Å²) < 4.78 is 1.81. The number of ketones is 1. The minimum atomic E-state index is -0.101. The van der Waals surface area contributed by atoms with E-state index in [1.807, 2.05) is 4.68 Å². The molecule has 0 amide bonds. The monoisotopic (exact) mass is 232 g/mol. The van der Waals surface area contributed by atoms with Crippen LogP contribution in [0.1, 0.15) is 31.1 Å². The van der Waals surface area contributed by atoms with E-state index in [1.54, 1.807) is 18.2 Å². The Bertz CT molecular complexity index is 620. The van der Waals surface area contributed by atoms with Gasteiger partial charge in [0.25, 0.3) is 5.56 Å². The topological polar surface area (TPSA) is 54.9 Å². The third-order valence-electron chi connectivity index (χ3n) is 2.72. The van der Waals surface area contributed by atoms with Gasteiger partial charge in [-0.05, 0) is 25.0 Å². The van der Waals surface area contributed by atoms with E-state index in [-0.39, 0.29) is 11.3 Å². The maximum atomic E-state index is 11.7. The van der Waals surface area contributed by atoms with Crippen molar-refractivity contribution in [3.8, 4) is 0 Å². The molecule has 0 spiro atoms. The van der Waals surface area contributed by atoms with Crippen LogP contribution >= 0.6 is 0 Å². The number of hydrogen-bond acceptors (Lipinski definition) is 2. The van der Waals surface area contributed by atoms with E-state index in [0.717, 1.165) is 12.1 Å². The molecule has 0 unspecified atom stereocenters. The number of carbonyl (C=O) groups is 1. The van der Waals surface area contributed by atoms with E-state index in [9.17, 15) is 9.59 Å². The van der Waals surface area contributed by atoms with Gasteiger partial charge in [-0.15, -0.1) is 0 Å². The van der Waals surface area contributed by atoms with Gasteiger partial charge in [0.2, 0.25) is 0 Å². The number of nitrogens with zero attached hydrogens (tertiary/aromatic N) is 1. The molecule has 2 aromatic rings. The molecule has 0 saturated heterocycles. The number of nitrogens with one attached hydrogen (secondary N) is 1. The normalized spacial score (nSPS) is 11.3. The predicted octanol–water partition coefficient (Wildman–Crippen LogP) is 2.19. The minimum Gasteiger partial charge on any atom is -0.295 e. The molecule has 0 bridgehead atoms. The first-order valence-electron chi connectivity index (χ1n) is 5.72. The Morgan fingerprint density at radius 2 is 2.12 bits per heavy atom. The van der Waals surface area contributed by atoms with Crippen molar-refractivity contribution in [1.29, 1.82) is 0 Å². The molecule has 0 saturated carbocycles. The van der Waals surface area contributed by atoms with Gasteiger partial charge < -0.3 is 0 Å². The van der Waals surface area contributed by atoms with E-state index in [4.69, 9.17) is 0 Å². The summed E-state index contributed by atoms with van der Waals surface area (Å²) in [5.41, 5.74) is 1.33. The summed E-state index contributed by atoms with van der Waals surface area (Å²) in [5.74, 6) is 0.443. The van der Waals surface area contributed by atoms with Crippen molar-refractivity contribution in [3.05, 3.63) is 34.1 Å². The van der Waals surface area contributed by atoms with Crippen LogP contribution in [0.5, 0.6) is 0 Å². The highest BCUT2D eigenvalue weighted by atomic mass is 16.1. The molecule has 4 heteroatoms. The summed E-state index contributed by atoms with van der Waals surface area (Å²) in [5, 5.41) is 3.43. The smallest absolute Gasteiger partial charge is 0.271 e. The van der Waals surface area contributed by atoms with Crippen molar-refractivity contribution in [2.24, 2.45) is 5.92 Å². The maximum Gasteiger partial charge on any atom is 0.271 e. The number of H-pyrrole nitrogens is 1. The second kappa shape index (κ2) is 4.20. The second-order valence-corrected chi connectivity index (χ2v) is 4.73. The molecule has 0 radical (unpaired) electrons. The fourth-order valence-electron chi connectivity index (χ4n) is 1.92. The van der Waals surface area contributed by atoms with Crippen molar-refractivity contribution < 1.29 is 4.79 Å². The zero-order chi connectivity index (χ0) is 12.6. The first kappa shape index (κ1) is 11.6. The van der Waals surface area contributed by atoms with Gasteiger partial charge in [0.15, 0.2) is 5.78 Å². The molecule has 0 aliphatic carbocycles. The Kier molecular flexibility index (Phi) is 2.88. The summed E-state index contributed by atoms with van der Waals surface area (Å²) in [7, 11) is 0. The molecule has 2 rings (SSSR count). The standard InChI is InChI=1S/C13H16N2O2/c1-8(2)7-15-12-6-10(9(3)16)4-5-11(12)13(17)14-15/h4-6,8H,7H2,1-3H3,(H,14,17). The van der Waals surface area contributed by atoms with E-state index in [2.05, 4.69) is 18.9 Å². The van der Waals surface area contributed by atoms with Gasteiger partial charge in [0.05, 0.1) is 10.9 Å². The number of Topliss-reactive ketones (excluding diaryl/α,β-unsaturated/α-hetero) is 1. The van der Waals surface area contributed by atoms with Gasteiger partial charge in [-0.3, -0.25) is 19.4 Å². The van der Waals surface area contributed by atoms with E-state index in [0.29, 0.717) is 16.9 Å². The van der Waals surface area contributed by atoms with Crippen LogP contribution in [-0.2, 0) is 6.54 Å². The molecule has 0 fully saturated rings. The van der Waals surface area contributed by atoms with Crippen molar-refractivity contribution in [1.82, 2.24) is 9.78 Å². The quantitative estimate of drug-likeness (QED) is 0.825. The SMILES string of the molecule is CC(=O)c1ccc2c(=O)[nH]n(CC(C)C)c2c1. The lowest BCUT2D eigenvalue weighted by molar-refractivity contribution is 0.101. The fraction of sp³-hybridized carbons (Fsp3) is 0.385. The Hall–Kier alpha value is -1.84. The number of carbonyl (C=O) groups excluding carboxylic acids is 1. The molecular weight excluding hydrogens is 216 g/mol. The van der Waals surface area contributed by atoms with Gasteiger partial charge in [0, 0.05) is 12.1 Å². The van der Waals surface area contributed by atoms with Crippen LogP contribution < -0.4 is 5.56 Å². The summed E-state index contributed by atoms with van der Waals surface area (Å²) >= 11 is 0. The van der Waals surface area contributed by atoms with Gasteiger partial charge in [0.1, 0.15) is 0 Å². The molecule has 0 aliphatic rings. The van der Waals surface area contributed by atoms with Crippen LogP contribution in [-0.4, -0.2) is 15.6 Å². The van der Waals surface area contributed by atoms with Crippen LogP contribution in [0.2, 0.25) is 0 Å². The number of aromatic nitrogens is 2. The maximum absolute atomic E-state index is 11.7. The van der Waals surface area contributed by atoms with E-state index < -0.39 is 0 Å². The Labute approximate surface area is 99.2 Å². The minimum absolute atomic E-state index is 0.0108. The summed E-state index contributed by atoms with van der Waals surface area (Å²) in [6.07, 6.45) is 0. The molecule has 4 nitrogen and oxygen atoms in total. The fourth-order valence-corrected chi connectivity index (χ4v) is 1.92. The number of fused-ring (bicyclic) bond motifs is 1. The van der Waals surface area contributed by atoms with Crippen molar-refractivity contribution in [2.75, 3.05) is 0 Å². The first-order valence-corrected chi connectivity index (χ1v) is 5.72. The Morgan fingerprint density at radius 3 is 2.71 bits per heavy atom. The Balaban J connectivity index is 2.64. The molecular formula is C13H16N2O2. The summed E-state index contributed by atoms with van der Waals surface area (Å²) in [6.45, 7) is 6.43. The second-order valence-electron chi connectivity index (χ2n) is 4.73. The lowest BCUT2D eigenvalue weighted by Crippen LogP contribution is -2.09. The Morgan fingerprint density at radius 1 is 1.41 bits per heavy atom. The van der Waals surface area contributed by atoms with Crippen molar-refractivity contribution in [2.45, 2.75) is 27.3 Å². The van der Waals surface area contributed by atoms with E-state index >= 15 is 0 Å². The molecule has 0 aliphatic heterocycles. The predicted molar refractivity (Wildman–Crippen MR) is 67.4 cm³/mol. The lowest BCUT2D eigenvalue weighted by atomic mass is 10.1. The number of benzene rings is 1. The highest BCUT2D eigenvalue weighted by Gasteiger charge is 2.09. The third kappa shape index (κ3) is 2.16. The average molecular weight is 232 g/mol. The number of rotatable bonds is 3. The van der Waals surface area contributed by atoms with Crippen LogP contribution in [0.4, 0.5) is 0 Å². The van der Waals surface area contributed by atoms with Crippen LogP contribution in [0, 0.1) is 5.92 Å². The molecule has 1 heterocycles. The van der Waals surface area contributed by atoms with Crippen LogP contribution in [0.15, 0.2) is 23.0 Å². The van der Waals surface area contributed by atoms with Gasteiger partial charge in [-0.2, -0.15) is 0 Å². The lowest BCUT2D eigenvalue weighted by Gasteiger charge is -2.07. The van der Waals surface area contributed by atoms with Crippen LogP contribution in [0.3, 0.4) is 0 Å². The van der Waals surface area contributed by atoms with Gasteiger partial charge in [-0.1, -0.05) is 19.9 Å². The van der Waals surface area contributed by atoms with Gasteiger partial charge >= 0.3 is 0 Å². The van der Waals surface area contributed by atoms with Crippen LogP contribution in [0.25, 0.3) is 10.9 Å². The zero-order valence-electron chi connectivity index (χ0n) is 10.3.